The van der Waals surface area contributed by atoms with E-state index < -0.39 is 5.97 Å². The van der Waals surface area contributed by atoms with Crippen molar-refractivity contribution < 1.29 is 9.90 Å². The fourth-order valence-corrected chi connectivity index (χ4v) is 2.44. The van der Waals surface area contributed by atoms with Crippen LogP contribution in [0.5, 0.6) is 0 Å². The molecule has 1 rings (SSSR count). The number of rotatable bonds is 7. The lowest BCUT2D eigenvalue weighted by molar-refractivity contribution is -0.141. The molecule has 1 aromatic rings. The molecule has 0 radical (unpaired) electrons. The van der Waals surface area contributed by atoms with Crippen molar-refractivity contribution in [2.45, 2.75) is 25.2 Å². The van der Waals surface area contributed by atoms with Crippen LogP contribution >= 0.6 is 11.8 Å². The van der Waals surface area contributed by atoms with Crippen LogP contribution in [0.3, 0.4) is 0 Å². The number of thioether (sulfide) groups is 1. The molecule has 0 saturated carbocycles. The molecule has 1 atom stereocenters. The van der Waals surface area contributed by atoms with E-state index in [1.165, 1.54) is 4.90 Å². The predicted molar refractivity (Wildman–Crippen MR) is 77.5 cm³/mol. The smallest absolute Gasteiger partial charge is 0.308 e. The molecule has 18 heavy (non-hydrogen) atoms. The molecule has 0 aliphatic carbocycles. The fourth-order valence-electron chi connectivity index (χ4n) is 1.78. The van der Waals surface area contributed by atoms with Crippen molar-refractivity contribution in [2.24, 2.45) is 5.92 Å². The molecule has 0 saturated heterocycles. The van der Waals surface area contributed by atoms with Gasteiger partial charge in [0.2, 0.25) is 0 Å². The van der Waals surface area contributed by atoms with Crippen LogP contribution in [0.1, 0.15) is 20.3 Å². The molecule has 0 heterocycles. The van der Waals surface area contributed by atoms with E-state index in [9.17, 15) is 4.79 Å². The highest BCUT2D eigenvalue weighted by molar-refractivity contribution is 7.99. The zero-order chi connectivity index (χ0) is 13.5. The molecule has 0 aromatic heterocycles. The average molecular weight is 267 g/mol. The predicted octanol–water partition coefficient (Wildman–Crippen LogP) is 3.35. The molecule has 1 unspecified atom stereocenters. The number of hydrogen-bond donors (Lipinski definition) is 1. The number of carboxylic acid groups (broad SMARTS) is 1. The summed E-state index contributed by atoms with van der Waals surface area (Å²) in [5.41, 5.74) is 1.06. The normalized spacial score (nSPS) is 12.2. The molecular formula is C14H21NO2S. The number of anilines is 1. The van der Waals surface area contributed by atoms with E-state index in [1.807, 2.05) is 31.0 Å². The van der Waals surface area contributed by atoms with Gasteiger partial charge in [0.25, 0.3) is 0 Å². The van der Waals surface area contributed by atoms with Crippen LogP contribution in [-0.4, -0.2) is 30.4 Å². The van der Waals surface area contributed by atoms with Crippen LogP contribution in [-0.2, 0) is 4.79 Å². The van der Waals surface area contributed by atoms with Gasteiger partial charge in [-0.2, -0.15) is 0 Å². The van der Waals surface area contributed by atoms with Crippen LogP contribution in [0, 0.1) is 5.92 Å². The van der Waals surface area contributed by atoms with E-state index >= 15 is 0 Å². The van der Waals surface area contributed by atoms with Gasteiger partial charge in [-0.1, -0.05) is 13.8 Å². The molecule has 0 amide bonds. The Labute approximate surface area is 113 Å². The Balaban J connectivity index is 2.65. The molecule has 3 nitrogen and oxygen atoms in total. The van der Waals surface area contributed by atoms with E-state index in [1.54, 1.807) is 11.8 Å². The highest BCUT2D eigenvalue weighted by Gasteiger charge is 2.17. The van der Waals surface area contributed by atoms with Gasteiger partial charge in [0, 0.05) is 24.2 Å². The lowest BCUT2D eigenvalue weighted by Crippen LogP contribution is -2.29. The van der Waals surface area contributed by atoms with E-state index in [0.29, 0.717) is 13.0 Å². The third-order valence-electron chi connectivity index (χ3n) is 2.92. The molecule has 100 valence electrons. The molecule has 0 aliphatic heterocycles. The monoisotopic (exact) mass is 267 g/mol. The Morgan fingerprint density at radius 3 is 2.39 bits per heavy atom. The van der Waals surface area contributed by atoms with Crippen molar-refractivity contribution in [1.82, 2.24) is 0 Å². The van der Waals surface area contributed by atoms with E-state index in [-0.39, 0.29) is 5.92 Å². The minimum absolute atomic E-state index is 0.306. The lowest BCUT2D eigenvalue weighted by atomic mass is 10.1. The van der Waals surface area contributed by atoms with Crippen LogP contribution in [0.15, 0.2) is 29.2 Å². The number of carboxylic acids is 1. The van der Waals surface area contributed by atoms with Crippen molar-refractivity contribution in [3.8, 4) is 0 Å². The summed E-state index contributed by atoms with van der Waals surface area (Å²) in [4.78, 5) is 14.3. The largest absolute Gasteiger partial charge is 0.481 e. The SMILES string of the molecule is CCSc1ccc(N(C)CC(CC)C(=O)O)cc1. The first kappa shape index (κ1) is 14.9. The Morgan fingerprint density at radius 2 is 1.94 bits per heavy atom. The molecule has 0 spiro atoms. The van der Waals surface area contributed by atoms with Crippen molar-refractivity contribution in [3.05, 3.63) is 24.3 Å². The number of benzene rings is 1. The van der Waals surface area contributed by atoms with Crippen LogP contribution in [0.4, 0.5) is 5.69 Å². The van der Waals surface area contributed by atoms with Crippen LogP contribution in [0.25, 0.3) is 0 Å². The minimum atomic E-state index is -0.720. The molecule has 0 fully saturated rings. The second-order valence-electron chi connectivity index (χ2n) is 4.25. The second-order valence-corrected chi connectivity index (χ2v) is 5.59. The van der Waals surface area contributed by atoms with Gasteiger partial charge >= 0.3 is 5.97 Å². The van der Waals surface area contributed by atoms with Gasteiger partial charge in [-0.25, -0.2) is 0 Å². The third-order valence-corrected chi connectivity index (χ3v) is 3.82. The maximum Gasteiger partial charge on any atom is 0.308 e. The highest BCUT2D eigenvalue weighted by Crippen LogP contribution is 2.22. The number of carbonyl (C=O) groups is 1. The first-order chi connectivity index (χ1) is 8.58. The zero-order valence-electron chi connectivity index (χ0n) is 11.2. The van der Waals surface area contributed by atoms with Crippen molar-refractivity contribution in [2.75, 3.05) is 24.2 Å². The van der Waals surface area contributed by atoms with E-state index in [4.69, 9.17) is 5.11 Å². The Hall–Kier alpha value is -1.16. The highest BCUT2D eigenvalue weighted by atomic mass is 32.2. The summed E-state index contributed by atoms with van der Waals surface area (Å²) in [6, 6.07) is 8.27. The summed E-state index contributed by atoms with van der Waals surface area (Å²) >= 11 is 1.81. The van der Waals surface area contributed by atoms with Gasteiger partial charge in [0.05, 0.1) is 5.92 Å². The Kier molecular flexibility index (Phi) is 6.05. The third kappa shape index (κ3) is 4.26. The molecular weight excluding hydrogens is 246 g/mol. The van der Waals surface area contributed by atoms with Crippen molar-refractivity contribution in [3.63, 3.8) is 0 Å². The van der Waals surface area contributed by atoms with E-state index in [0.717, 1.165) is 11.4 Å². The maximum absolute atomic E-state index is 11.0. The second kappa shape index (κ2) is 7.31. The number of hydrogen-bond acceptors (Lipinski definition) is 3. The van der Waals surface area contributed by atoms with Gasteiger partial charge in [-0.05, 0) is 36.4 Å². The summed E-state index contributed by atoms with van der Waals surface area (Å²) < 4.78 is 0. The summed E-state index contributed by atoms with van der Waals surface area (Å²) in [6.07, 6.45) is 0.656. The number of aliphatic carboxylic acids is 1. The molecule has 1 aromatic carbocycles. The van der Waals surface area contributed by atoms with Gasteiger partial charge in [-0.3, -0.25) is 4.79 Å². The van der Waals surface area contributed by atoms with Crippen LogP contribution < -0.4 is 4.90 Å². The van der Waals surface area contributed by atoms with Gasteiger partial charge in [-0.15, -0.1) is 11.8 Å². The maximum atomic E-state index is 11.0. The first-order valence-electron chi connectivity index (χ1n) is 6.25. The lowest BCUT2D eigenvalue weighted by Gasteiger charge is -2.23. The summed E-state index contributed by atoms with van der Waals surface area (Å²) in [6.45, 7) is 4.59. The Bertz CT molecular complexity index is 378. The Morgan fingerprint density at radius 1 is 1.33 bits per heavy atom. The van der Waals surface area contributed by atoms with Crippen LogP contribution in [0.2, 0.25) is 0 Å². The first-order valence-corrected chi connectivity index (χ1v) is 7.23. The standard InChI is InChI=1S/C14H21NO2S/c1-4-11(14(16)17)10-15(3)12-6-8-13(9-7-12)18-5-2/h6-9,11H,4-5,10H2,1-3H3,(H,16,17). The molecule has 0 aliphatic rings. The summed E-state index contributed by atoms with van der Waals surface area (Å²) in [5.74, 6) is 0.0359. The molecule has 1 N–H and O–H groups in total. The van der Waals surface area contributed by atoms with Crippen molar-refractivity contribution >= 4 is 23.4 Å². The molecule has 4 heteroatoms. The zero-order valence-corrected chi connectivity index (χ0v) is 12.0. The average Bonchev–Trinajstić information content (AvgIpc) is 2.36. The number of nitrogens with zero attached hydrogens (tertiary/aromatic N) is 1. The van der Waals surface area contributed by atoms with Crippen molar-refractivity contribution in [1.29, 1.82) is 0 Å². The summed E-state index contributed by atoms with van der Waals surface area (Å²) in [5, 5.41) is 9.05. The van der Waals surface area contributed by atoms with E-state index in [2.05, 4.69) is 19.1 Å². The topological polar surface area (TPSA) is 40.5 Å². The quantitative estimate of drug-likeness (QED) is 0.769. The molecule has 0 bridgehead atoms. The summed E-state index contributed by atoms with van der Waals surface area (Å²) in [7, 11) is 1.94. The van der Waals surface area contributed by atoms with Gasteiger partial charge in [0.15, 0.2) is 0 Å². The van der Waals surface area contributed by atoms with Gasteiger partial charge in [0.1, 0.15) is 0 Å². The minimum Gasteiger partial charge on any atom is -0.481 e. The van der Waals surface area contributed by atoms with Gasteiger partial charge < -0.3 is 10.0 Å². The fraction of sp³-hybridized carbons (Fsp3) is 0.500.